The van der Waals surface area contributed by atoms with Gasteiger partial charge in [0.05, 0.1) is 0 Å². The van der Waals surface area contributed by atoms with Crippen molar-refractivity contribution in [1.29, 1.82) is 0 Å². The molecule has 0 radical (unpaired) electrons. The van der Waals surface area contributed by atoms with Crippen molar-refractivity contribution in [2.45, 2.75) is 219 Å². The van der Waals surface area contributed by atoms with E-state index in [-0.39, 0.29) is 18.5 Å². The number of esters is 1. The fourth-order valence-electron chi connectivity index (χ4n) is 5.77. The molecule has 258 valence electrons. The van der Waals surface area contributed by atoms with Crippen molar-refractivity contribution in [3.05, 3.63) is 24.3 Å². The predicted octanol–water partition coefficient (Wildman–Crippen LogP) is 13.2. The second-order valence-electron chi connectivity index (χ2n) is 13.1. The molecule has 0 rings (SSSR count). The van der Waals surface area contributed by atoms with Gasteiger partial charge < -0.3 is 9.84 Å². The summed E-state index contributed by atoms with van der Waals surface area (Å²) < 4.78 is 5.84. The summed E-state index contributed by atoms with van der Waals surface area (Å²) in [6.45, 7) is 4.49. The number of allylic oxidation sites excluding steroid dienone is 3. The van der Waals surface area contributed by atoms with Gasteiger partial charge in [-0.3, -0.25) is 9.59 Å². The maximum Gasteiger partial charge on any atom is 0.306 e. The maximum atomic E-state index is 12.5. The highest BCUT2D eigenvalue weighted by Crippen LogP contribution is 2.16. The summed E-state index contributed by atoms with van der Waals surface area (Å²) in [5.41, 5.74) is 0. The molecule has 1 unspecified atom stereocenters. The lowest BCUT2D eigenvalue weighted by molar-refractivity contribution is -0.147. The number of carboxylic acids is 1. The Kier molecular flexibility index (Phi) is 34.6. The number of carboxylic acid groups (broad SMARTS) is 1. The van der Waals surface area contributed by atoms with Gasteiger partial charge in [0.1, 0.15) is 6.10 Å². The molecule has 0 saturated heterocycles. The Morgan fingerprint density at radius 3 is 1.43 bits per heavy atom. The van der Waals surface area contributed by atoms with Crippen LogP contribution in [0.3, 0.4) is 0 Å². The molecule has 44 heavy (non-hydrogen) atoms. The standard InChI is InChI=1S/C40H74O4/c1-3-5-7-9-11-12-13-14-15-16-17-18-19-20-21-22-23-25-27-33-37-40(43)44-38(34-30-26-24-10-8-6-4-2)35-31-28-29-32-36-39(41)42/h10,24,30,34,38H,3-9,11-23,25-29,31-33,35-37H2,1-2H3,(H,41,42)/b24-10-,34-30-. The zero-order valence-electron chi connectivity index (χ0n) is 29.5. The topological polar surface area (TPSA) is 63.6 Å². The number of hydrogen-bond acceptors (Lipinski definition) is 3. The summed E-state index contributed by atoms with van der Waals surface area (Å²) in [4.78, 5) is 23.2. The highest BCUT2D eigenvalue weighted by molar-refractivity contribution is 5.69. The van der Waals surface area contributed by atoms with Crippen LogP contribution in [0.1, 0.15) is 213 Å². The quantitative estimate of drug-likeness (QED) is 0.0436. The first kappa shape index (κ1) is 42.4. The minimum absolute atomic E-state index is 0.0774. The largest absolute Gasteiger partial charge is 0.481 e. The summed E-state index contributed by atoms with van der Waals surface area (Å²) in [5.74, 6) is -0.803. The first-order valence-electron chi connectivity index (χ1n) is 19.3. The van der Waals surface area contributed by atoms with Gasteiger partial charge in [-0.15, -0.1) is 0 Å². The van der Waals surface area contributed by atoms with Crippen molar-refractivity contribution in [3.8, 4) is 0 Å². The van der Waals surface area contributed by atoms with E-state index in [0.717, 1.165) is 57.8 Å². The Labute approximate surface area is 274 Å². The molecule has 0 fully saturated rings. The first-order valence-corrected chi connectivity index (χ1v) is 19.3. The lowest BCUT2D eigenvalue weighted by Gasteiger charge is -2.14. The molecule has 1 atom stereocenters. The summed E-state index contributed by atoms with van der Waals surface area (Å²) in [6, 6.07) is 0. The third-order valence-corrected chi connectivity index (χ3v) is 8.66. The van der Waals surface area contributed by atoms with Crippen molar-refractivity contribution < 1.29 is 19.4 Å². The van der Waals surface area contributed by atoms with Gasteiger partial charge in [-0.05, 0) is 44.6 Å². The smallest absolute Gasteiger partial charge is 0.306 e. The van der Waals surface area contributed by atoms with Crippen LogP contribution in [0.15, 0.2) is 24.3 Å². The van der Waals surface area contributed by atoms with E-state index >= 15 is 0 Å². The zero-order valence-corrected chi connectivity index (χ0v) is 29.5. The monoisotopic (exact) mass is 619 g/mol. The maximum absolute atomic E-state index is 12.5. The third kappa shape index (κ3) is 34.9. The van der Waals surface area contributed by atoms with Crippen LogP contribution >= 0.6 is 0 Å². The Hall–Kier alpha value is -1.58. The number of carbonyl (C=O) groups excluding carboxylic acids is 1. The van der Waals surface area contributed by atoms with Crippen molar-refractivity contribution in [2.24, 2.45) is 0 Å². The molecular formula is C40H74O4. The fraction of sp³-hybridized carbons (Fsp3) is 0.850. The number of hydrogen-bond donors (Lipinski definition) is 1. The third-order valence-electron chi connectivity index (χ3n) is 8.66. The van der Waals surface area contributed by atoms with Crippen molar-refractivity contribution in [3.63, 3.8) is 0 Å². The molecule has 0 bridgehead atoms. The van der Waals surface area contributed by atoms with Gasteiger partial charge in [-0.1, -0.05) is 180 Å². The lowest BCUT2D eigenvalue weighted by atomic mass is 10.0. The van der Waals surface area contributed by atoms with Crippen LogP contribution in [0.4, 0.5) is 0 Å². The molecule has 0 aliphatic heterocycles. The number of ether oxygens (including phenoxy) is 1. The molecule has 4 nitrogen and oxygen atoms in total. The van der Waals surface area contributed by atoms with Crippen molar-refractivity contribution in [1.82, 2.24) is 0 Å². The van der Waals surface area contributed by atoms with Crippen LogP contribution in [0.25, 0.3) is 0 Å². The van der Waals surface area contributed by atoms with E-state index in [9.17, 15) is 9.59 Å². The second-order valence-corrected chi connectivity index (χ2v) is 13.1. The van der Waals surface area contributed by atoms with Gasteiger partial charge in [0, 0.05) is 12.8 Å². The van der Waals surface area contributed by atoms with Crippen LogP contribution in [0, 0.1) is 0 Å². The van der Waals surface area contributed by atoms with E-state index in [4.69, 9.17) is 9.84 Å². The Morgan fingerprint density at radius 2 is 0.955 bits per heavy atom. The molecular weight excluding hydrogens is 544 g/mol. The van der Waals surface area contributed by atoms with Crippen molar-refractivity contribution >= 4 is 11.9 Å². The molecule has 0 aromatic carbocycles. The van der Waals surface area contributed by atoms with Gasteiger partial charge in [-0.2, -0.15) is 0 Å². The van der Waals surface area contributed by atoms with Crippen LogP contribution in [0.5, 0.6) is 0 Å². The lowest BCUT2D eigenvalue weighted by Crippen LogP contribution is -2.16. The van der Waals surface area contributed by atoms with Gasteiger partial charge >= 0.3 is 11.9 Å². The van der Waals surface area contributed by atoms with Crippen LogP contribution in [-0.2, 0) is 14.3 Å². The first-order chi connectivity index (χ1) is 21.6. The van der Waals surface area contributed by atoms with Crippen LogP contribution in [-0.4, -0.2) is 23.1 Å². The van der Waals surface area contributed by atoms with Gasteiger partial charge in [0.15, 0.2) is 0 Å². The molecule has 0 amide bonds. The predicted molar refractivity (Wildman–Crippen MR) is 190 cm³/mol. The second kappa shape index (κ2) is 35.9. The fourth-order valence-corrected chi connectivity index (χ4v) is 5.77. The van der Waals surface area contributed by atoms with Gasteiger partial charge in [0.25, 0.3) is 0 Å². The Morgan fingerprint density at radius 1 is 0.523 bits per heavy atom. The van der Waals surface area contributed by atoms with E-state index in [1.165, 1.54) is 128 Å². The molecule has 0 aromatic rings. The van der Waals surface area contributed by atoms with Gasteiger partial charge in [0.2, 0.25) is 0 Å². The SMILES string of the molecule is CCCC/C=C\C/C=C\C(CCCCCCC(=O)O)OC(=O)CCCCCCCCCCCCCCCCCCCCCC. The number of aliphatic carboxylic acids is 1. The number of unbranched alkanes of at least 4 members (excludes halogenated alkanes) is 24. The molecule has 1 N–H and O–H groups in total. The highest BCUT2D eigenvalue weighted by atomic mass is 16.5. The summed E-state index contributed by atoms with van der Waals surface area (Å²) in [5, 5.41) is 8.80. The zero-order chi connectivity index (χ0) is 32.2. The van der Waals surface area contributed by atoms with E-state index in [1.807, 2.05) is 0 Å². The van der Waals surface area contributed by atoms with E-state index in [2.05, 4.69) is 38.2 Å². The van der Waals surface area contributed by atoms with Crippen LogP contribution in [0.2, 0.25) is 0 Å². The minimum Gasteiger partial charge on any atom is -0.481 e. The summed E-state index contributed by atoms with van der Waals surface area (Å²) in [6.07, 6.45) is 45.1. The molecule has 0 spiro atoms. The highest BCUT2D eigenvalue weighted by Gasteiger charge is 2.11. The molecule has 0 aliphatic carbocycles. The molecule has 4 heteroatoms. The molecule has 0 heterocycles. The summed E-state index contributed by atoms with van der Waals surface area (Å²) in [7, 11) is 0. The Balaban J connectivity index is 3.81. The van der Waals surface area contributed by atoms with E-state index in [1.54, 1.807) is 0 Å². The van der Waals surface area contributed by atoms with E-state index in [0.29, 0.717) is 6.42 Å². The summed E-state index contributed by atoms with van der Waals surface area (Å²) >= 11 is 0. The average molecular weight is 619 g/mol. The number of rotatable bonds is 35. The van der Waals surface area contributed by atoms with E-state index < -0.39 is 5.97 Å². The average Bonchev–Trinajstić information content (AvgIpc) is 3.01. The van der Waals surface area contributed by atoms with Gasteiger partial charge in [-0.25, -0.2) is 0 Å². The van der Waals surface area contributed by atoms with Crippen molar-refractivity contribution in [2.75, 3.05) is 0 Å². The normalized spacial score (nSPS) is 12.4. The molecule has 0 saturated carbocycles. The molecule has 0 aliphatic rings. The van der Waals surface area contributed by atoms with Crippen LogP contribution < -0.4 is 0 Å². The number of carbonyl (C=O) groups is 2. The molecule has 0 aromatic heterocycles. The Bertz CT molecular complexity index is 668. The minimum atomic E-state index is -0.725.